The minimum absolute atomic E-state index is 0.272. The van der Waals surface area contributed by atoms with Gasteiger partial charge in [-0.3, -0.25) is 4.79 Å². The molecule has 0 saturated carbocycles. The van der Waals surface area contributed by atoms with Gasteiger partial charge in [-0.2, -0.15) is 0 Å². The highest BCUT2D eigenvalue weighted by atomic mass is 16.1. The Kier molecular flexibility index (Phi) is 4.75. The van der Waals surface area contributed by atoms with Gasteiger partial charge in [-0.25, -0.2) is 0 Å². The van der Waals surface area contributed by atoms with Gasteiger partial charge in [0.15, 0.2) is 11.5 Å². The first-order valence-electron chi connectivity index (χ1n) is 8.08. The van der Waals surface area contributed by atoms with Gasteiger partial charge >= 0.3 is 0 Å². The number of carbonyl (C=O) groups excluding carboxylic acids is 1. The largest absolute Gasteiger partial charge is 0.339 e. The molecule has 0 fully saturated rings. The Morgan fingerprint density at radius 1 is 0.840 bits per heavy atom. The number of nitrogens with one attached hydrogen (secondary N) is 2. The smallest absolute Gasteiger partial charge is 0.276 e. The third kappa shape index (κ3) is 4.01. The highest BCUT2D eigenvalue weighted by Gasteiger charge is 2.10. The number of para-hydroxylation sites is 1. The third-order valence-corrected chi connectivity index (χ3v) is 4.07. The summed E-state index contributed by atoms with van der Waals surface area (Å²) in [6, 6.07) is 17.1. The number of benzene rings is 2. The maximum Gasteiger partial charge on any atom is 0.276 e. The predicted octanol–water partition coefficient (Wildman–Crippen LogP) is 4.40. The first kappa shape index (κ1) is 16.6. The van der Waals surface area contributed by atoms with E-state index in [2.05, 4.69) is 46.8 Å². The van der Waals surface area contributed by atoms with Gasteiger partial charge in [-0.1, -0.05) is 24.3 Å². The minimum atomic E-state index is -0.278. The molecule has 0 unspecified atom stereocenters. The standard InChI is InChI=1S/C20H20N4O/c1-13-8-9-16(12-15(13)3)21-19-11-10-18(23-24-19)20(25)22-17-7-5-4-6-14(17)2/h4-12H,1-3H3,(H,21,24)(H,22,25). The summed E-state index contributed by atoms with van der Waals surface area (Å²) in [5, 5.41) is 14.1. The number of carbonyl (C=O) groups is 1. The molecule has 0 spiro atoms. The first-order valence-corrected chi connectivity index (χ1v) is 8.08. The quantitative estimate of drug-likeness (QED) is 0.743. The molecular weight excluding hydrogens is 312 g/mol. The fourth-order valence-electron chi connectivity index (χ4n) is 2.39. The Morgan fingerprint density at radius 3 is 2.32 bits per heavy atom. The monoisotopic (exact) mass is 332 g/mol. The number of hydrogen-bond acceptors (Lipinski definition) is 4. The highest BCUT2D eigenvalue weighted by molar-refractivity contribution is 6.03. The van der Waals surface area contributed by atoms with Gasteiger partial charge in [0.25, 0.3) is 5.91 Å². The van der Waals surface area contributed by atoms with Crippen molar-refractivity contribution < 1.29 is 4.79 Å². The van der Waals surface area contributed by atoms with Gasteiger partial charge in [0.05, 0.1) is 0 Å². The van der Waals surface area contributed by atoms with Crippen LogP contribution in [-0.4, -0.2) is 16.1 Å². The van der Waals surface area contributed by atoms with Crippen LogP contribution in [0.15, 0.2) is 54.6 Å². The van der Waals surface area contributed by atoms with Gasteiger partial charge in [0.1, 0.15) is 0 Å². The average molecular weight is 332 g/mol. The number of aromatic nitrogens is 2. The molecule has 126 valence electrons. The second kappa shape index (κ2) is 7.13. The first-order chi connectivity index (χ1) is 12.0. The molecule has 0 bridgehead atoms. The molecule has 0 aliphatic carbocycles. The fourth-order valence-corrected chi connectivity index (χ4v) is 2.39. The van der Waals surface area contributed by atoms with Crippen LogP contribution < -0.4 is 10.6 Å². The van der Waals surface area contributed by atoms with E-state index in [0.29, 0.717) is 5.82 Å². The fraction of sp³-hybridized carbons (Fsp3) is 0.150. The van der Waals surface area contributed by atoms with Crippen LogP contribution in [0.4, 0.5) is 17.2 Å². The average Bonchev–Trinajstić information content (AvgIpc) is 2.61. The zero-order valence-corrected chi connectivity index (χ0v) is 14.5. The molecule has 3 aromatic rings. The third-order valence-electron chi connectivity index (χ3n) is 4.07. The lowest BCUT2D eigenvalue weighted by Crippen LogP contribution is -2.15. The van der Waals surface area contributed by atoms with E-state index in [0.717, 1.165) is 16.9 Å². The summed E-state index contributed by atoms with van der Waals surface area (Å²) in [6.45, 7) is 6.07. The van der Waals surface area contributed by atoms with Crippen molar-refractivity contribution in [2.75, 3.05) is 10.6 Å². The molecule has 5 heteroatoms. The van der Waals surface area contributed by atoms with Crippen LogP contribution in [0.1, 0.15) is 27.2 Å². The van der Waals surface area contributed by atoms with Crippen molar-refractivity contribution in [3.63, 3.8) is 0 Å². The topological polar surface area (TPSA) is 66.9 Å². The Labute approximate surface area is 147 Å². The summed E-state index contributed by atoms with van der Waals surface area (Å²) in [4.78, 5) is 12.3. The lowest BCUT2D eigenvalue weighted by molar-refractivity contribution is 0.102. The summed E-state index contributed by atoms with van der Waals surface area (Å²) in [5.74, 6) is 0.315. The Morgan fingerprint density at radius 2 is 1.64 bits per heavy atom. The van der Waals surface area contributed by atoms with Crippen LogP contribution in [0.5, 0.6) is 0 Å². The van der Waals surface area contributed by atoms with Gasteiger partial charge in [0, 0.05) is 11.4 Å². The molecule has 0 saturated heterocycles. The molecule has 0 aliphatic heterocycles. The Hall–Kier alpha value is -3.21. The second-order valence-corrected chi connectivity index (χ2v) is 6.00. The molecule has 25 heavy (non-hydrogen) atoms. The van der Waals surface area contributed by atoms with Gasteiger partial charge in [-0.15, -0.1) is 10.2 Å². The maximum atomic E-state index is 12.3. The molecule has 3 rings (SSSR count). The van der Waals surface area contributed by atoms with Crippen molar-refractivity contribution in [3.05, 3.63) is 77.0 Å². The number of hydrogen-bond donors (Lipinski definition) is 2. The zero-order chi connectivity index (χ0) is 17.8. The predicted molar refractivity (Wildman–Crippen MR) is 100 cm³/mol. The van der Waals surface area contributed by atoms with Crippen LogP contribution in [0.3, 0.4) is 0 Å². The van der Waals surface area contributed by atoms with Crippen molar-refractivity contribution in [2.45, 2.75) is 20.8 Å². The summed E-state index contributed by atoms with van der Waals surface area (Å²) >= 11 is 0. The second-order valence-electron chi connectivity index (χ2n) is 6.00. The Bertz CT molecular complexity index is 904. The van der Waals surface area contributed by atoms with Crippen LogP contribution >= 0.6 is 0 Å². The van der Waals surface area contributed by atoms with E-state index in [9.17, 15) is 4.79 Å². The number of amides is 1. The lowest BCUT2D eigenvalue weighted by Gasteiger charge is -2.09. The molecule has 1 amide bonds. The summed E-state index contributed by atoms with van der Waals surface area (Å²) < 4.78 is 0. The van der Waals surface area contributed by atoms with Crippen molar-refractivity contribution in [2.24, 2.45) is 0 Å². The van der Waals surface area contributed by atoms with Gasteiger partial charge in [-0.05, 0) is 67.8 Å². The number of anilines is 3. The van der Waals surface area contributed by atoms with E-state index in [4.69, 9.17) is 0 Å². The van der Waals surface area contributed by atoms with Crippen LogP contribution in [0, 0.1) is 20.8 Å². The minimum Gasteiger partial charge on any atom is -0.339 e. The maximum absolute atomic E-state index is 12.3. The summed E-state index contributed by atoms with van der Waals surface area (Å²) in [7, 11) is 0. The van der Waals surface area contributed by atoms with Crippen LogP contribution in [0.2, 0.25) is 0 Å². The highest BCUT2D eigenvalue weighted by Crippen LogP contribution is 2.18. The molecule has 0 atom stereocenters. The number of rotatable bonds is 4. The van der Waals surface area contributed by atoms with E-state index >= 15 is 0 Å². The zero-order valence-electron chi connectivity index (χ0n) is 14.5. The molecule has 0 aliphatic rings. The molecule has 2 aromatic carbocycles. The van der Waals surface area contributed by atoms with E-state index < -0.39 is 0 Å². The number of aryl methyl sites for hydroxylation is 3. The number of nitrogens with zero attached hydrogens (tertiary/aromatic N) is 2. The van der Waals surface area contributed by atoms with Crippen molar-refractivity contribution in [1.29, 1.82) is 0 Å². The molecule has 2 N–H and O–H groups in total. The summed E-state index contributed by atoms with van der Waals surface area (Å²) in [6.07, 6.45) is 0. The van der Waals surface area contributed by atoms with E-state index in [1.165, 1.54) is 11.1 Å². The van der Waals surface area contributed by atoms with Crippen molar-refractivity contribution >= 4 is 23.1 Å². The normalized spacial score (nSPS) is 10.4. The molecule has 1 aromatic heterocycles. The van der Waals surface area contributed by atoms with Gasteiger partial charge < -0.3 is 10.6 Å². The van der Waals surface area contributed by atoms with E-state index in [1.54, 1.807) is 12.1 Å². The van der Waals surface area contributed by atoms with Crippen LogP contribution in [-0.2, 0) is 0 Å². The van der Waals surface area contributed by atoms with E-state index in [-0.39, 0.29) is 11.6 Å². The van der Waals surface area contributed by atoms with Crippen molar-refractivity contribution in [3.8, 4) is 0 Å². The van der Waals surface area contributed by atoms with Crippen molar-refractivity contribution in [1.82, 2.24) is 10.2 Å². The SMILES string of the molecule is Cc1ccc(Nc2ccc(C(=O)Nc3ccccc3C)nn2)cc1C. The van der Waals surface area contributed by atoms with Gasteiger partial charge in [0.2, 0.25) is 0 Å². The molecular formula is C20H20N4O. The van der Waals surface area contributed by atoms with E-state index in [1.807, 2.05) is 37.3 Å². The summed E-state index contributed by atoms with van der Waals surface area (Å²) in [5.41, 5.74) is 5.42. The molecule has 1 heterocycles. The lowest BCUT2D eigenvalue weighted by atomic mass is 10.1. The molecule has 5 nitrogen and oxygen atoms in total. The molecule has 0 radical (unpaired) electrons. The van der Waals surface area contributed by atoms with Crippen LogP contribution in [0.25, 0.3) is 0 Å². The Balaban J connectivity index is 1.70.